The number of anilines is 1. The van der Waals surface area contributed by atoms with E-state index in [1.807, 2.05) is 31.2 Å². The van der Waals surface area contributed by atoms with Crippen molar-refractivity contribution >= 4 is 29.3 Å². The maximum absolute atomic E-state index is 12.5. The topological polar surface area (TPSA) is 118 Å². The highest BCUT2D eigenvalue weighted by Gasteiger charge is 2.22. The van der Waals surface area contributed by atoms with Crippen LogP contribution in [-0.4, -0.2) is 51.2 Å². The molecule has 0 spiro atoms. The fourth-order valence-electron chi connectivity index (χ4n) is 2.90. The second kappa shape index (κ2) is 10.8. The number of amides is 2. The number of hydrogen-bond acceptors (Lipinski definition) is 7. The van der Waals surface area contributed by atoms with E-state index in [0.29, 0.717) is 22.3 Å². The molecule has 32 heavy (non-hydrogen) atoms. The van der Waals surface area contributed by atoms with Gasteiger partial charge in [-0.15, -0.1) is 10.2 Å². The number of carbonyl (C=O) groups excluding carboxylic acids is 2. The van der Waals surface area contributed by atoms with Crippen molar-refractivity contribution in [2.75, 3.05) is 24.8 Å². The lowest BCUT2D eigenvalue weighted by molar-refractivity contribution is -0.113. The normalized spacial score (nSPS) is 11.6. The quantitative estimate of drug-likeness (QED) is 0.424. The molecule has 1 aromatic heterocycles. The Morgan fingerprint density at radius 1 is 1.12 bits per heavy atom. The molecular formula is C22H25N5O4S. The third-order valence-electron chi connectivity index (χ3n) is 4.69. The minimum Gasteiger partial charge on any atom is -0.497 e. The lowest BCUT2D eigenvalue weighted by Crippen LogP contribution is -2.32. The van der Waals surface area contributed by atoms with E-state index in [1.54, 1.807) is 43.0 Å². The van der Waals surface area contributed by atoms with Gasteiger partial charge >= 0.3 is 0 Å². The molecule has 2 aromatic carbocycles. The van der Waals surface area contributed by atoms with Crippen LogP contribution in [0.3, 0.4) is 0 Å². The average Bonchev–Trinajstić information content (AvgIpc) is 3.17. The van der Waals surface area contributed by atoms with Crippen LogP contribution in [0, 0.1) is 6.92 Å². The Balaban J connectivity index is 1.60. The lowest BCUT2D eigenvalue weighted by atomic mass is 10.2. The van der Waals surface area contributed by atoms with Crippen LogP contribution in [0.25, 0.3) is 0 Å². The third kappa shape index (κ3) is 5.86. The van der Waals surface area contributed by atoms with Crippen molar-refractivity contribution in [1.82, 2.24) is 20.1 Å². The average molecular weight is 456 g/mol. The third-order valence-corrected chi connectivity index (χ3v) is 5.71. The number of ether oxygens (including phenoxy) is 1. The van der Waals surface area contributed by atoms with Crippen LogP contribution in [0.5, 0.6) is 5.75 Å². The zero-order valence-corrected chi connectivity index (χ0v) is 18.8. The van der Waals surface area contributed by atoms with Crippen LogP contribution >= 0.6 is 11.8 Å². The van der Waals surface area contributed by atoms with Crippen LogP contribution in [0.4, 0.5) is 5.69 Å². The number of thioether (sulfide) groups is 1. The number of methoxy groups -OCH3 is 1. The Kier molecular flexibility index (Phi) is 7.85. The Labute approximate surface area is 190 Å². The first kappa shape index (κ1) is 23.3. The number of rotatable bonds is 9. The number of aliphatic hydroxyl groups is 1. The molecule has 168 valence electrons. The van der Waals surface area contributed by atoms with E-state index >= 15 is 0 Å². The van der Waals surface area contributed by atoms with Gasteiger partial charge in [0.05, 0.1) is 19.5 Å². The molecule has 0 bridgehead atoms. The van der Waals surface area contributed by atoms with Crippen molar-refractivity contribution in [3.05, 3.63) is 65.5 Å². The summed E-state index contributed by atoms with van der Waals surface area (Å²) in [6, 6.07) is 13.4. The number of benzene rings is 2. The molecule has 0 saturated carbocycles. The molecule has 9 nitrogen and oxygen atoms in total. The number of aryl methyl sites for hydroxylation is 1. The molecule has 2 amide bonds. The first-order chi connectivity index (χ1) is 15.4. The molecule has 1 heterocycles. The molecule has 0 aliphatic carbocycles. The van der Waals surface area contributed by atoms with E-state index in [9.17, 15) is 14.7 Å². The SMILES string of the molecule is COc1ccc(C(=O)N[C@@H](CO)c2nnc(SCC(=O)Nc3ccc(C)cc3)n2C)cc1. The number of carbonyl (C=O) groups is 2. The molecule has 0 radical (unpaired) electrons. The summed E-state index contributed by atoms with van der Waals surface area (Å²) >= 11 is 1.21. The minimum atomic E-state index is -0.752. The molecule has 0 aliphatic rings. The second-order valence-corrected chi connectivity index (χ2v) is 7.98. The van der Waals surface area contributed by atoms with E-state index in [-0.39, 0.29) is 24.2 Å². The fourth-order valence-corrected chi connectivity index (χ4v) is 3.61. The van der Waals surface area contributed by atoms with Crippen LogP contribution in [-0.2, 0) is 11.8 Å². The van der Waals surface area contributed by atoms with Crippen LogP contribution < -0.4 is 15.4 Å². The van der Waals surface area contributed by atoms with Crippen LogP contribution in [0.1, 0.15) is 27.8 Å². The van der Waals surface area contributed by atoms with Gasteiger partial charge in [0.25, 0.3) is 5.91 Å². The van der Waals surface area contributed by atoms with Gasteiger partial charge in [-0.1, -0.05) is 29.5 Å². The highest BCUT2D eigenvalue weighted by Crippen LogP contribution is 2.20. The summed E-state index contributed by atoms with van der Waals surface area (Å²) in [5.74, 6) is 0.635. The second-order valence-electron chi connectivity index (χ2n) is 7.04. The zero-order valence-electron chi connectivity index (χ0n) is 18.0. The maximum atomic E-state index is 12.5. The van der Waals surface area contributed by atoms with E-state index in [4.69, 9.17) is 4.74 Å². The molecular weight excluding hydrogens is 430 g/mol. The molecule has 3 aromatic rings. The van der Waals surface area contributed by atoms with Crippen molar-refractivity contribution in [1.29, 1.82) is 0 Å². The Hall–Kier alpha value is -3.37. The number of nitrogens with zero attached hydrogens (tertiary/aromatic N) is 3. The monoisotopic (exact) mass is 455 g/mol. The summed E-state index contributed by atoms with van der Waals surface area (Å²) in [7, 11) is 3.27. The standard InChI is InChI=1S/C22H25N5O4S/c1-14-4-8-16(9-5-14)23-19(29)13-32-22-26-25-20(27(22)2)18(12-28)24-21(30)15-6-10-17(31-3)11-7-15/h4-11,18,28H,12-13H2,1-3H3,(H,23,29)(H,24,30)/t18-/m0/s1. The molecule has 0 unspecified atom stereocenters. The van der Waals surface area contributed by atoms with Crippen molar-refractivity contribution in [3.8, 4) is 5.75 Å². The van der Waals surface area contributed by atoms with Gasteiger partial charge in [0, 0.05) is 18.3 Å². The number of aromatic nitrogens is 3. The van der Waals surface area contributed by atoms with E-state index in [1.165, 1.54) is 11.8 Å². The predicted octanol–water partition coefficient (Wildman–Crippen LogP) is 2.33. The van der Waals surface area contributed by atoms with Gasteiger partial charge in [-0.25, -0.2) is 0 Å². The van der Waals surface area contributed by atoms with E-state index < -0.39 is 6.04 Å². The largest absolute Gasteiger partial charge is 0.497 e. The summed E-state index contributed by atoms with van der Waals surface area (Å²) in [6.07, 6.45) is 0. The summed E-state index contributed by atoms with van der Waals surface area (Å²) < 4.78 is 6.74. The summed E-state index contributed by atoms with van der Waals surface area (Å²) in [5, 5.41) is 24.1. The van der Waals surface area contributed by atoms with Gasteiger partial charge in [-0.05, 0) is 43.3 Å². The Morgan fingerprint density at radius 3 is 2.44 bits per heavy atom. The summed E-state index contributed by atoms with van der Waals surface area (Å²) in [6.45, 7) is 1.62. The van der Waals surface area contributed by atoms with Crippen LogP contribution in [0.15, 0.2) is 53.7 Å². The maximum Gasteiger partial charge on any atom is 0.251 e. The van der Waals surface area contributed by atoms with E-state index in [2.05, 4.69) is 20.8 Å². The number of nitrogens with one attached hydrogen (secondary N) is 2. The van der Waals surface area contributed by atoms with Gasteiger partial charge in [0.15, 0.2) is 11.0 Å². The summed E-state index contributed by atoms with van der Waals surface area (Å²) in [5.41, 5.74) is 2.26. The molecule has 10 heteroatoms. The molecule has 0 saturated heterocycles. The Bertz CT molecular complexity index is 1070. The lowest BCUT2D eigenvalue weighted by Gasteiger charge is -2.16. The zero-order chi connectivity index (χ0) is 23.1. The molecule has 0 aliphatic heterocycles. The van der Waals surface area contributed by atoms with Gasteiger partial charge in [-0.3, -0.25) is 9.59 Å². The van der Waals surface area contributed by atoms with Crippen molar-refractivity contribution < 1.29 is 19.4 Å². The van der Waals surface area contributed by atoms with Crippen molar-refractivity contribution in [3.63, 3.8) is 0 Å². The first-order valence-corrected chi connectivity index (χ1v) is 10.8. The Morgan fingerprint density at radius 2 is 1.81 bits per heavy atom. The minimum absolute atomic E-state index is 0.141. The van der Waals surface area contributed by atoms with Gasteiger partial charge in [0.2, 0.25) is 5.91 Å². The highest BCUT2D eigenvalue weighted by atomic mass is 32.2. The molecule has 1 atom stereocenters. The highest BCUT2D eigenvalue weighted by molar-refractivity contribution is 7.99. The number of hydrogen-bond donors (Lipinski definition) is 3. The van der Waals surface area contributed by atoms with Gasteiger partial charge in [0.1, 0.15) is 11.8 Å². The van der Waals surface area contributed by atoms with Crippen LogP contribution in [0.2, 0.25) is 0 Å². The van der Waals surface area contributed by atoms with Gasteiger partial charge < -0.3 is 25.0 Å². The predicted molar refractivity (Wildman–Crippen MR) is 122 cm³/mol. The summed E-state index contributed by atoms with van der Waals surface area (Å²) in [4.78, 5) is 24.8. The van der Waals surface area contributed by atoms with Crippen molar-refractivity contribution in [2.24, 2.45) is 7.05 Å². The molecule has 3 rings (SSSR count). The smallest absolute Gasteiger partial charge is 0.251 e. The van der Waals surface area contributed by atoms with Crippen molar-refractivity contribution in [2.45, 2.75) is 18.1 Å². The van der Waals surface area contributed by atoms with Gasteiger partial charge in [-0.2, -0.15) is 0 Å². The first-order valence-electron chi connectivity index (χ1n) is 9.85. The van der Waals surface area contributed by atoms with E-state index in [0.717, 1.165) is 11.3 Å². The molecule has 3 N–H and O–H groups in total. The fraction of sp³-hybridized carbons (Fsp3) is 0.273. The molecule has 0 fully saturated rings. The number of aliphatic hydroxyl groups excluding tert-OH is 1.